The number of ether oxygens (including phenoxy) is 2. The van der Waals surface area contributed by atoms with Crippen molar-refractivity contribution in [2.45, 2.75) is 38.7 Å². The summed E-state index contributed by atoms with van der Waals surface area (Å²) < 4.78 is 47.3. The second kappa shape index (κ2) is 13.4. The Kier molecular flexibility index (Phi) is 9.70. The molecule has 0 aliphatic carbocycles. The lowest BCUT2D eigenvalue weighted by atomic mass is 9.90. The van der Waals surface area contributed by atoms with Crippen molar-refractivity contribution >= 4 is 11.6 Å². The van der Waals surface area contributed by atoms with Gasteiger partial charge >= 0.3 is 6.36 Å². The predicted molar refractivity (Wildman–Crippen MR) is 147 cm³/mol. The van der Waals surface area contributed by atoms with Gasteiger partial charge in [0.05, 0.1) is 0 Å². The molecule has 3 N–H and O–H groups in total. The van der Waals surface area contributed by atoms with E-state index < -0.39 is 6.36 Å². The number of alkyl halides is 3. The van der Waals surface area contributed by atoms with Crippen LogP contribution in [0.3, 0.4) is 0 Å². The summed E-state index contributed by atoms with van der Waals surface area (Å²) in [5, 5.41) is 8.96. The highest BCUT2D eigenvalue weighted by molar-refractivity contribution is 5.94. The molecule has 4 rings (SSSR count). The van der Waals surface area contributed by atoms with Gasteiger partial charge in [0.25, 0.3) is 0 Å². The van der Waals surface area contributed by atoms with E-state index in [0.29, 0.717) is 36.3 Å². The maximum atomic E-state index is 12.5. The molecule has 1 heterocycles. The molecule has 0 saturated carbocycles. The van der Waals surface area contributed by atoms with E-state index in [-0.39, 0.29) is 12.4 Å². The van der Waals surface area contributed by atoms with Gasteiger partial charge in [-0.2, -0.15) is 0 Å². The Morgan fingerprint density at radius 1 is 0.923 bits per heavy atom. The fourth-order valence-electron chi connectivity index (χ4n) is 4.80. The van der Waals surface area contributed by atoms with Crippen molar-refractivity contribution in [1.29, 1.82) is 5.41 Å². The second-order valence-electron chi connectivity index (χ2n) is 9.72. The van der Waals surface area contributed by atoms with Gasteiger partial charge in [0.2, 0.25) is 0 Å². The molecular weight excluding hydrogens is 505 g/mol. The van der Waals surface area contributed by atoms with Crippen LogP contribution in [0.1, 0.15) is 30.4 Å². The first-order chi connectivity index (χ1) is 18.8. The number of hydrogen-bond acceptors (Lipinski definition) is 4. The van der Waals surface area contributed by atoms with Crippen LogP contribution in [0.2, 0.25) is 0 Å². The number of guanidine groups is 1. The van der Waals surface area contributed by atoms with Crippen LogP contribution in [0.15, 0.2) is 78.9 Å². The summed E-state index contributed by atoms with van der Waals surface area (Å²) in [7, 11) is 0. The first-order valence-electron chi connectivity index (χ1n) is 13.2. The molecule has 3 aromatic rings. The van der Waals surface area contributed by atoms with Crippen molar-refractivity contribution in [1.82, 2.24) is 4.90 Å². The number of nitrogens with zero attached hydrogens (tertiary/aromatic N) is 2. The van der Waals surface area contributed by atoms with Crippen molar-refractivity contribution in [3.05, 3.63) is 90.0 Å². The lowest BCUT2D eigenvalue weighted by molar-refractivity contribution is -0.274. The highest BCUT2D eigenvalue weighted by atomic mass is 19.4. The minimum atomic E-state index is -4.74. The summed E-state index contributed by atoms with van der Waals surface area (Å²) in [6.45, 7) is 2.94. The number of benzene rings is 3. The monoisotopic (exact) mass is 540 g/mol. The van der Waals surface area contributed by atoms with E-state index in [0.717, 1.165) is 44.5 Å². The summed E-state index contributed by atoms with van der Waals surface area (Å²) in [4.78, 5) is 4.12. The third-order valence-corrected chi connectivity index (χ3v) is 6.81. The molecule has 39 heavy (non-hydrogen) atoms. The number of rotatable bonds is 10. The predicted octanol–water partition coefficient (Wildman–Crippen LogP) is 6.21. The molecule has 0 amide bonds. The van der Waals surface area contributed by atoms with Crippen LogP contribution in [0, 0.1) is 11.3 Å². The normalized spacial score (nSPS) is 14.2. The number of hydrogen-bond donors (Lipinski definition) is 2. The molecule has 6 nitrogen and oxygen atoms in total. The van der Waals surface area contributed by atoms with Crippen molar-refractivity contribution in [3.63, 3.8) is 0 Å². The van der Waals surface area contributed by atoms with Crippen LogP contribution < -0.4 is 20.1 Å². The van der Waals surface area contributed by atoms with Gasteiger partial charge in [-0.1, -0.05) is 42.5 Å². The molecule has 0 atom stereocenters. The van der Waals surface area contributed by atoms with Crippen molar-refractivity contribution in [2.24, 2.45) is 11.7 Å². The standard InChI is InChI=1S/C30H35F3N4O2/c31-30(32,33)39-28-9-4-8-25(21-28)22-38-27-12-10-26(11-13-27)37(17-5-16-34)29(35)36-18-14-24(15-19-36)20-23-6-2-1-3-7-23/h1-4,6-13,21,24,35H,5,14-20,22,34H2. The zero-order valence-electron chi connectivity index (χ0n) is 21.9. The molecule has 0 radical (unpaired) electrons. The summed E-state index contributed by atoms with van der Waals surface area (Å²) >= 11 is 0. The molecule has 0 bridgehead atoms. The highest BCUT2D eigenvalue weighted by Gasteiger charge is 2.31. The molecule has 208 valence electrons. The van der Waals surface area contributed by atoms with E-state index in [2.05, 4.69) is 33.9 Å². The van der Waals surface area contributed by atoms with E-state index in [1.165, 1.54) is 23.8 Å². The average molecular weight is 541 g/mol. The molecule has 3 aromatic carbocycles. The van der Waals surface area contributed by atoms with Crippen LogP contribution in [0.4, 0.5) is 18.9 Å². The SMILES string of the molecule is N=C(N1CCC(Cc2ccccc2)CC1)N(CCCN)c1ccc(OCc2cccc(OC(F)(F)F)c2)cc1. The van der Waals surface area contributed by atoms with Gasteiger partial charge in [-0.15, -0.1) is 13.2 Å². The quantitative estimate of drug-likeness (QED) is 0.236. The summed E-state index contributed by atoms with van der Waals surface area (Å²) in [6, 6.07) is 23.7. The van der Waals surface area contributed by atoms with Gasteiger partial charge in [-0.05, 0) is 85.7 Å². The molecule has 1 saturated heterocycles. The Morgan fingerprint density at radius 3 is 2.28 bits per heavy atom. The van der Waals surface area contributed by atoms with Crippen molar-refractivity contribution in [3.8, 4) is 11.5 Å². The van der Waals surface area contributed by atoms with Crippen LogP contribution in [0.25, 0.3) is 0 Å². The van der Waals surface area contributed by atoms with Gasteiger partial charge in [0.15, 0.2) is 5.96 Å². The largest absolute Gasteiger partial charge is 0.573 e. The molecule has 1 fully saturated rings. The number of anilines is 1. The third kappa shape index (κ3) is 8.64. The van der Waals surface area contributed by atoms with E-state index in [1.54, 1.807) is 18.2 Å². The van der Waals surface area contributed by atoms with Crippen molar-refractivity contribution in [2.75, 3.05) is 31.1 Å². The summed E-state index contributed by atoms with van der Waals surface area (Å²) in [5.74, 6) is 1.38. The van der Waals surface area contributed by atoms with E-state index in [1.807, 2.05) is 23.1 Å². The summed E-state index contributed by atoms with van der Waals surface area (Å²) in [6.07, 6.45) is -0.827. The van der Waals surface area contributed by atoms with Gasteiger partial charge in [0, 0.05) is 25.3 Å². The fourth-order valence-corrected chi connectivity index (χ4v) is 4.80. The van der Waals surface area contributed by atoms with Gasteiger partial charge < -0.3 is 25.0 Å². The van der Waals surface area contributed by atoms with Crippen LogP contribution in [0.5, 0.6) is 11.5 Å². The average Bonchev–Trinajstić information content (AvgIpc) is 2.93. The molecule has 1 aliphatic heterocycles. The van der Waals surface area contributed by atoms with Gasteiger partial charge in [0.1, 0.15) is 18.1 Å². The molecule has 1 aliphatic rings. The topological polar surface area (TPSA) is 74.8 Å². The smallest absolute Gasteiger partial charge is 0.489 e. The van der Waals surface area contributed by atoms with E-state index in [9.17, 15) is 13.2 Å². The fraction of sp³-hybridized carbons (Fsp3) is 0.367. The Balaban J connectivity index is 1.34. The lowest BCUT2D eigenvalue weighted by Gasteiger charge is -2.38. The maximum Gasteiger partial charge on any atom is 0.573 e. The zero-order chi connectivity index (χ0) is 27.7. The Labute approximate surface area is 227 Å². The maximum absolute atomic E-state index is 12.5. The first-order valence-corrected chi connectivity index (χ1v) is 13.2. The number of piperidine rings is 1. The van der Waals surface area contributed by atoms with E-state index >= 15 is 0 Å². The second-order valence-corrected chi connectivity index (χ2v) is 9.72. The van der Waals surface area contributed by atoms with Gasteiger partial charge in [-0.3, -0.25) is 5.41 Å². The number of nitrogens with one attached hydrogen (secondary N) is 1. The van der Waals surface area contributed by atoms with Gasteiger partial charge in [-0.25, -0.2) is 0 Å². The molecular formula is C30H35F3N4O2. The Hall–Kier alpha value is -3.72. The minimum Gasteiger partial charge on any atom is -0.489 e. The van der Waals surface area contributed by atoms with Crippen LogP contribution >= 0.6 is 0 Å². The Bertz CT molecular complexity index is 1180. The van der Waals surface area contributed by atoms with Crippen LogP contribution in [-0.2, 0) is 13.0 Å². The van der Waals surface area contributed by atoms with Crippen molar-refractivity contribution < 1.29 is 22.6 Å². The minimum absolute atomic E-state index is 0.0963. The number of halogens is 3. The lowest BCUT2D eigenvalue weighted by Crippen LogP contribution is -2.48. The Morgan fingerprint density at radius 2 is 1.62 bits per heavy atom. The van der Waals surface area contributed by atoms with Crippen LogP contribution in [-0.4, -0.2) is 43.4 Å². The molecule has 0 aromatic heterocycles. The van der Waals surface area contributed by atoms with E-state index in [4.69, 9.17) is 15.9 Å². The molecule has 9 heteroatoms. The number of nitrogens with two attached hydrogens (primary N) is 1. The third-order valence-electron chi connectivity index (χ3n) is 6.81. The molecule has 0 unspecified atom stereocenters. The molecule has 0 spiro atoms. The summed E-state index contributed by atoms with van der Waals surface area (Å²) in [5.41, 5.74) is 8.57. The number of likely N-dealkylation sites (tertiary alicyclic amines) is 1. The zero-order valence-corrected chi connectivity index (χ0v) is 21.9. The highest BCUT2D eigenvalue weighted by Crippen LogP contribution is 2.27. The first kappa shape index (κ1) is 28.3.